The molecule has 0 amide bonds. The van der Waals surface area contributed by atoms with Gasteiger partial charge in [-0.3, -0.25) is 4.98 Å². The van der Waals surface area contributed by atoms with Gasteiger partial charge in [0.25, 0.3) is 5.89 Å². The standard InChI is InChI=1S/C14H10ClN3O/c1-9-17-14(19-18-9)10-6-7-16-13(8-10)11-4-2-3-5-12(11)15/h2-8H,1H3. The SMILES string of the molecule is Cc1noc(-c2ccnc(-c3ccccc3Cl)c2)n1. The zero-order chi connectivity index (χ0) is 13.2. The highest BCUT2D eigenvalue weighted by Gasteiger charge is 2.09. The normalized spacial score (nSPS) is 10.6. The first kappa shape index (κ1) is 11.9. The summed E-state index contributed by atoms with van der Waals surface area (Å²) in [6.45, 7) is 1.78. The molecule has 2 heterocycles. The Labute approximate surface area is 115 Å². The second-order valence-corrected chi connectivity index (χ2v) is 4.46. The van der Waals surface area contributed by atoms with Crippen LogP contribution in [0.1, 0.15) is 5.82 Å². The Bertz CT molecular complexity index is 724. The molecule has 0 aliphatic rings. The van der Waals surface area contributed by atoms with Gasteiger partial charge in [-0.2, -0.15) is 4.98 Å². The lowest BCUT2D eigenvalue weighted by atomic mass is 10.1. The molecular weight excluding hydrogens is 262 g/mol. The van der Waals surface area contributed by atoms with Crippen LogP contribution in [0.15, 0.2) is 47.1 Å². The number of nitrogens with zero attached hydrogens (tertiary/aromatic N) is 3. The molecule has 0 radical (unpaired) electrons. The van der Waals surface area contributed by atoms with Crippen LogP contribution >= 0.6 is 11.6 Å². The molecule has 4 nitrogen and oxygen atoms in total. The van der Waals surface area contributed by atoms with E-state index in [-0.39, 0.29) is 0 Å². The molecule has 2 aromatic heterocycles. The summed E-state index contributed by atoms with van der Waals surface area (Å²) >= 11 is 6.17. The van der Waals surface area contributed by atoms with Crippen molar-refractivity contribution in [2.75, 3.05) is 0 Å². The second-order valence-electron chi connectivity index (χ2n) is 4.06. The third-order valence-electron chi connectivity index (χ3n) is 2.68. The van der Waals surface area contributed by atoms with Crippen LogP contribution in [0.5, 0.6) is 0 Å². The molecule has 0 aliphatic carbocycles. The molecule has 19 heavy (non-hydrogen) atoms. The smallest absolute Gasteiger partial charge is 0.258 e. The van der Waals surface area contributed by atoms with Gasteiger partial charge in [0.2, 0.25) is 0 Å². The van der Waals surface area contributed by atoms with Gasteiger partial charge < -0.3 is 4.52 Å². The van der Waals surface area contributed by atoms with Gasteiger partial charge in [0.15, 0.2) is 5.82 Å². The number of hydrogen-bond acceptors (Lipinski definition) is 4. The monoisotopic (exact) mass is 271 g/mol. The van der Waals surface area contributed by atoms with Crippen molar-refractivity contribution in [1.82, 2.24) is 15.1 Å². The van der Waals surface area contributed by atoms with E-state index in [0.29, 0.717) is 16.7 Å². The Hall–Kier alpha value is -2.20. The largest absolute Gasteiger partial charge is 0.334 e. The maximum absolute atomic E-state index is 6.17. The molecular formula is C14H10ClN3O. The lowest BCUT2D eigenvalue weighted by Crippen LogP contribution is -1.86. The van der Waals surface area contributed by atoms with Crippen molar-refractivity contribution in [3.63, 3.8) is 0 Å². The molecule has 0 atom stereocenters. The van der Waals surface area contributed by atoms with E-state index in [1.165, 1.54) is 0 Å². The highest BCUT2D eigenvalue weighted by Crippen LogP contribution is 2.28. The zero-order valence-corrected chi connectivity index (χ0v) is 10.9. The van der Waals surface area contributed by atoms with E-state index in [0.717, 1.165) is 16.8 Å². The van der Waals surface area contributed by atoms with E-state index in [9.17, 15) is 0 Å². The number of aromatic nitrogens is 3. The minimum Gasteiger partial charge on any atom is -0.334 e. The molecule has 3 rings (SSSR count). The molecule has 0 aliphatic heterocycles. The molecule has 0 N–H and O–H groups in total. The number of aryl methyl sites for hydroxylation is 1. The van der Waals surface area contributed by atoms with Crippen LogP contribution in [0.2, 0.25) is 5.02 Å². The van der Waals surface area contributed by atoms with Crippen molar-refractivity contribution < 1.29 is 4.52 Å². The van der Waals surface area contributed by atoms with Gasteiger partial charge in [-0.15, -0.1) is 0 Å². The van der Waals surface area contributed by atoms with E-state index < -0.39 is 0 Å². The summed E-state index contributed by atoms with van der Waals surface area (Å²) in [5, 5.41) is 4.44. The van der Waals surface area contributed by atoms with Crippen molar-refractivity contribution in [3.05, 3.63) is 53.4 Å². The fourth-order valence-electron chi connectivity index (χ4n) is 1.79. The maximum atomic E-state index is 6.17. The van der Waals surface area contributed by atoms with Crippen molar-refractivity contribution in [2.24, 2.45) is 0 Å². The summed E-state index contributed by atoms with van der Waals surface area (Å²) in [5.74, 6) is 1.08. The number of hydrogen-bond donors (Lipinski definition) is 0. The minimum atomic E-state index is 0.480. The van der Waals surface area contributed by atoms with Gasteiger partial charge in [-0.1, -0.05) is 35.0 Å². The maximum Gasteiger partial charge on any atom is 0.258 e. The average molecular weight is 272 g/mol. The fourth-order valence-corrected chi connectivity index (χ4v) is 2.03. The fraction of sp³-hybridized carbons (Fsp3) is 0.0714. The lowest BCUT2D eigenvalue weighted by Gasteiger charge is -2.04. The highest BCUT2D eigenvalue weighted by atomic mass is 35.5. The van der Waals surface area contributed by atoms with Crippen molar-refractivity contribution in [3.8, 4) is 22.7 Å². The van der Waals surface area contributed by atoms with Gasteiger partial charge >= 0.3 is 0 Å². The molecule has 5 heteroatoms. The molecule has 0 saturated carbocycles. The number of pyridine rings is 1. The quantitative estimate of drug-likeness (QED) is 0.712. The Kier molecular flexibility index (Phi) is 3.01. The Morgan fingerprint density at radius 1 is 1.16 bits per heavy atom. The Morgan fingerprint density at radius 2 is 2.00 bits per heavy atom. The topological polar surface area (TPSA) is 51.8 Å². The van der Waals surface area contributed by atoms with Crippen LogP contribution < -0.4 is 0 Å². The van der Waals surface area contributed by atoms with Gasteiger partial charge in [-0.25, -0.2) is 0 Å². The first-order valence-electron chi connectivity index (χ1n) is 5.76. The van der Waals surface area contributed by atoms with E-state index in [1.54, 1.807) is 13.1 Å². The third kappa shape index (κ3) is 2.35. The first-order valence-corrected chi connectivity index (χ1v) is 6.13. The van der Waals surface area contributed by atoms with Crippen molar-refractivity contribution in [1.29, 1.82) is 0 Å². The molecule has 0 saturated heterocycles. The molecule has 0 bridgehead atoms. The Balaban J connectivity index is 2.08. The number of rotatable bonds is 2. The molecule has 0 unspecified atom stereocenters. The van der Waals surface area contributed by atoms with E-state index in [4.69, 9.17) is 16.1 Å². The summed E-state index contributed by atoms with van der Waals surface area (Å²) in [6.07, 6.45) is 1.70. The molecule has 0 fully saturated rings. The minimum absolute atomic E-state index is 0.480. The van der Waals surface area contributed by atoms with Crippen LogP contribution in [0, 0.1) is 6.92 Å². The number of benzene rings is 1. The van der Waals surface area contributed by atoms with Gasteiger partial charge in [0.05, 0.1) is 5.69 Å². The van der Waals surface area contributed by atoms with Gasteiger partial charge in [-0.05, 0) is 25.1 Å². The van der Waals surface area contributed by atoms with Crippen molar-refractivity contribution in [2.45, 2.75) is 6.92 Å². The predicted molar refractivity (Wildman–Crippen MR) is 72.7 cm³/mol. The average Bonchev–Trinajstić information content (AvgIpc) is 2.86. The number of halogens is 1. The summed E-state index contributed by atoms with van der Waals surface area (Å²) in [6, 6.07) is 11.3. The van der Waals surface area contributed by atoms with Crippen LogP contribution in [0.4, 0.5) is 0 Å². The summed E-state index contributed by atoms with van der Waals surface area (Å²) in [4.78, 5) is 8.53. The van der Waals surface area contributed by atoms with Crippen LogP contribution in [-0.2, 0) is 0 Å². The highest BCUT2D eigenvalue weighted by molar-refractivity contribution is 6.33. The van der Waals surface area contributed by atoms with E-state index >= 15 is 0 Å². The first-order chi connectivity index (χ1) is 9.24. The third-order valence-corrected chi connectivity index (χ3v) is 3.01. The van der Waals surface area contributed by atoms with Gasteiger partial charge in [0.1, 0.15) is 0 Å². The molecule has 1 aromatic carbocycles. The zero-order valence-electron chi connectivity index (χ0n) is 10.2. The summed E-state index contributed by atoms with van der Waals surface area (Å²) in [5.41, 5.74) is 2.48. The van der Waals surface area contributed by atoms with E-state index in [1.807, 2.05) is 36.4 Å². The lowest BCUT2D eigenvalue weighted by molar-refractivity contribution is 0.425. The molecule has 94 valence electrons. The Morgan fingerprint density at radius 3 is 2.74 bits per heavy atom. The van der Waals surface area contributed by atoms with Crippen LogP contribution in [0.3, 0.4) is 0 Å². The second kappa shape index (κ2) is 4.82. The molecule has 0 spiro atoms. The summed E-state index contributed by atoms with van der Waals surface area (Å²) < 4.78 is 5.15. The van der Waals surface area contributed by atoms with Crippen LogP contribution in [-0.4, -0.2) is 15.1 Å². The molecule has 3 aromatic rings. The summed E-state index contributed by atoms with van der Waals surface area (Å²) in [7, 11) is 0. The van der Waals surface area contributed by atoms with E-state index in [2.05, 4.69) is 15.1 Å². The predicted octanol–water partition coefficient (Wildman–Crippen LogP) is 3.76. The van der Waals surface area contributed by atoms with Crippen LogP contribution in [0.25, 0.3) is 22.7 Å². The van der Waals surface area contributed by atoms with Crippen molar-refractivity contribution >= 4 is 11.6 Å². The van der Waals surface area contributed by atoms with Gasteiger partial charge in [0, 0.05) is 22.3 Å².